The molecule has 3 rings (SSSR count). The van der Waals surface area contributed by atoms with Gasteiger partial charge in [-0.15, -0.1) is 6.42 Å². The van der Waals surface area contributed by atoms with Crippen molar-refractivity contribution in [3.8, 4) is 34.9 Å². The third-order valence-corrected chi connectivity index (χ3v) is 4.12. The van der Waals surface area contributed by atoms with Gasteiger partial charge in [-0.05, 0) is 42.8 Å². The molecule has 0 amide bonds. The van der Waals surface area contributed by atoms with Gasteiger partial charge in [-0.3, -0.25) is 0 Å². The molecule has 3 aromatic rings. The van der Waals surface area contributed by atoms with E-state index in [1.165, 1.54) is 0 Å². The van der Waals surface area contributed by atoms with E-state index < -0.39 is 0 Å². The Hall–Kier alpha value is -2.27. The summed E-state index contributed by atoms with van der Waals surface area (Å²) in [5.41, 5.74) is 5.40. The number of benzene rings is 2. The number of rotatable bonds is 2. The molecule has 0 saturated carbocycles. The molecule has 0 unspecified atom stereocenters. The van der Waals surface area contributed by atoms with Crippen molar-refractivity contribution in [2.24, 2.45) is 0 Å². The van der Waals surface area contributed by atoms with Gasteiger partial charge in [0.1, 0.15) is 0 Å². The second-order valence-electron chi connectivity index (χ2n) is 5.21. The fourth-order valence-corrected chi connectivity index (χ4v) is 2.69. The third-order valence-electron chi connectivity index (χ3n) is 3.62. The van der Waals surface area contributed by atoms with E-state index in [2.05, 4.69) is 5.92 Å². The molecule has 0 saturated heterocycles. The van der Waals surface area contributed by atoms with E-state index in [0.717, 1.165) is 33.6 Å². The van der Waals surface area contributed by atoms with Gasteiger partial charge in [-0.1, -0.05) is 53.4 Å². The van der Waals surface area contributed by atoms with Crippen LogP contribution in [0.4, 0.5) is 0 Å². The number of nitrogens with zero attached hydrogens (tertiary/aromatic N) is 1. The molecule has 0 aliphatic heterocycles. The van der Waals surface area contributed by atoms with Crippen LogP contribution in [-0.2, 0) is 0 Å². The van der Waals surface area contributed by atoms with Crippen LogP contribution < -0.4 is 0 Å². The minimum Gasteiger partial charge on any atom is -0.246 e. The van der Waals surface area contributed by atoms with Crippen LogP contribution in [0.3, 0.4) is 0 Å². The van der Waals surface area contributed by atoms with Crippen LogP contribution in [0.15, 0.2) is 54.6 Å². The van der Waals surface area contributed by atoms with E-state index in [1.54, 1.807) is 0 Å². The van der Waals surface area contributed by atoms with Crippen LogP contribution in [0.25, 0.3) is 22.5 Å². The Morgan fingerprint density at radius 3 is 1.91 bits per heavy atom. The van der Waals surface area contributed by atoms with Crippen LogP contribution >= 0.6 is 23.2 Å². The number of hydrogen-bond acceptors (Lipinski definition) is 1. The molecule has 0 bridgehead atoms. The zero-order valence-corrected chi connectivity index (χ0v) is 14.0. The third kappa shape index (κ3) is 3.24. The first-order valence-corrected chi connectivity index (χ1v) is 7.84. The summed E-state index contributed by atoms with van der Waals surface area (Å²) in [6, 6.07) is 17.1. The monoisotopic (exact) mass is 337 g/mol. The highest BCUT2D eigenvalue weighted by Crippen LogP contribution is 2.29. The summed E-state index contributed by atoms with van der Waals surface area (Å²) in [4.78, 5) is 4.78. The molecular formula is C20H13Cl2N. The lowest BCUT2D eigenvalue weighted by Gasteiger charge is -2.11. The first-order valence-electron chi connectivity index (χ1n) is 7.08. The minimum absolute atomic E-state index is 0.682. The Labute approximate surface area is 145 Å². The Morgan fingerprint density at radius 2 is 1.39 bits per heavy atom. The zero-order chi connectivity index (χ0) is 16.4. The molecule has 0 aliphatic rings. The molecule has 3 heteroatoms. The number of halogens is 2. The van der Waals surface area contributed by atoms with Crippen molar-refractivity contribution in [3.05, 3.63) is 75.8 Å². The molecule has 1 heterocycles. The van der Waals surface area contributed by atoms with Gasteiger partial charge < -0.3 is 0 Å². The highest BCUT2D eigenvalue weighted by molar-refractivity contribution is 6.30. The second kappa shape index (κ2) is 6.46. The van der Waals surface area contributed by atoms with Gasteiger partial charge in [-0.25, -0.2) is 4.98 Å². The van der Waals surface area contributed by atoms with Crippen molar-refractivity contribution in [1.82, 2.24) is 4.98 Å². The summed E-state index contributed by atoms with van der Waals surface area (Å²) in [6.45, 7) is 2.00. The fraction of sp³-hybridized carbons (Fsp3) is 0.0500. The summed E-state index contributed by atoms with van der Waals surface area (Å²) in [6.07, 6.45) is 5.69. The number of terminal acetylenes is 1. The standard InChI is InChI=1S/C20H13Cl2N/c1-3-18-13(2)12-19(14-4-8-16(21)9-5-14)23-20(18)15-6-10-17(22)11-7-15/h1,4-12H,2H3. The number of hydrogen-bond donors (Lipinski definition) is 0. The largest absolute Gasteiger partial charge is 0.246 e. The maximum Gasteiger partial charge on any atom is 0.0868 e. The van der Waals surface area contributed by atoms with E-state index in [9.17, 15) is 0 Å². The van der Waals surface area contributed by atoms with Crippen molar-refractivity contribution in [2.45, 2.75) is 6.92 Å². The molecule has 112 valence electrons. The molecule has 1 aromatic heterocycles. The molecule has 2 aromatic carbocycles. The van der Waals surface area contributed by atoms with E-state index in [-0.39, 0.29) is 0 Å². The lowest BCUT2D eigenvalue weighted by molar-refractivity contribution is 1.27. The predicted octanol–water partition coefficient (Wildman–Crippen LogP) is 6.01. The van der Waals surface area contributed by atoms with Crippen LogP contribution in [-0.4, -0.2) is 4.98 Å². The second-order valence-corrected chi connectivity index (χ2v) is 6.08. The van der Waals surface area contributed by atoms with Crippen molar-refractivity contribution in [3.63, 3.8) is 0 Å². The Morgan fingerprint density at radius 1 is 0.870 bits per heavy atom. The van der Waals surface area contributed by atoms with Crippen LogP contribution in [0.1, 0.15) is 11.1 Å². The molecule has 23 heavy (non-hydrogen) atoms. The molecule has 0 fully saturated rings. The molecule has 0 radical (unpaired) electrons. The topological polar surface area (TPSA) is 12.9 Å². The van der Waals surface area contributed by atoms with E-state index in [0.29, 0.717) is 10.0 Å². The van der Waals surface area contributed by atoms with Crippen LogP contribution in [0.2, 0.25) is 10.0 Å². The molecule has 0 N–H and O–H groups in total. The zero-order valence-electron chi connectivity index (χ0n) is 12.5. The van der Waals surface area contributed by atoms with Gasteiger partial charge >= 0.3 is 0 Å². The number of aromatic nitrogens is 1. The van der Waals surface area contributed by atoms with Gasteiger partial charge in [0, 0.05) is 21.2 Å². The fourth-order valence-electron chi connectivity index (χ4n) is 2.44. The maximum atomic E-state index is 5.97. The quantitative estimate of drug-likeness (QED) is 0.521. The Bertz CT molecular complexity index is 889. The summed E-state index contributed by atoms with van der Waals surface area (Å²) in [5.74, 6) is 2.75. The lowest BCUT2D eigenvalue weighted by atomic mass is 9.99. The van der Waals surface area contributed by atoms with Crippen molar-refractivity contribution >= 4 is 23.2 Å². The molecular weight excluding hydrogens is 325 g/mol. The van der Waals surface area contributed by atoms with Crippen molar-refractivity contribution in [1.29, 1.82) is 0 Å². The molecule has 0 atom stereocenters. The SMILES string of the molecule is C#Cc1c(C)cc(-c2ccc(Cl)cc2)nc1-c1ccc(Cl)cc1. The first kappa shape index (κ1) is 15.6. The van der Waals surface area contributed by atoms with Gasteiger partial charge in [0.05, 0.1) is 17.0 Å². The highest BCUT2D eigenvalue weighted by Gasteiger charge is 2.12. The predicted molar refractivity (Wildman–Crippen MR) is 97.8 cm³/mol. The van der Waals surface area contributed by atoms with Crippen molar-refractivity contribution < 1.29 is 0 Å². The molecule has 0 spiro atoms. The van der Waals surface area contributed by atoms with Crippen LogP contribution in [0.5, 0.6) is 0 Å². The highest BCUT2D eigenvalue weighted by atomic mass is 35.5. The van der Waals surface area contributed by atoms with E-state index >= 15 is 0 Å². The average Bonchev–Trinajstić information content (AvgIpc) is 2.55. The Balaban J connectivity index is 2.20. The summed E-state index contributed by atoms with van der Waals surface area (Å²) in [7, 11) is 0. The molecule has 1 nitrogen and oxygen atoms in total. The smallest absolute Gasteiger partial charge is 0.0868 e. The number of aryl methyl sites for hydroxylation is 1. The summed E-state index contributed by atoms with van der Waals surface area (Å²) < 4.78 is 0. The first-order chi connectivity index (χ1) is 11.1. The molecule has 0 aliphatic carbocycles. The van der Waals surface area contributed by atoms with Gasteiger partial charge in [0.15, 0.2) is 0 Å². The minimum atomic E-state index is 0.682. The average molecular weight is 338 g/mol. The number of pyridine rings is 1. The van der Waals surface area contributed by atoms with Gasteiger partial charge in [0.2, 0.25) is 0 Å². The summed E-state index contributed by atoms with van der Waals surface area (Å²) in [5, 5.41) is 1.38. The maximum absolute atomic E-state index is 5.97. The normalized spacial score (nSPS) is 10.3. The van der Waals surface area contributed by atoms with Gasteiger partial charge in [0.25, 0.3) is 0 Å². The van der Waals surface area contributed by atoms with Crippen LogP contribution in [0, 0.1) is 19.3 Å². The summed E-state index contributed by atoms with van der Waals surface area (Å²) >= 11 is 11.9. The van der Waals surface area contributed by atoms with Crippen molar-refractivity contribution in [2.75, 3.05) is 0 Å². The Kier molecular flexibility index (Phi) is 4.39. The van der Waals surface area contributed by atoms with E-state index in [1.807, 2.05) is 61.5 Å². The van der Waals surface area contributed by atoms with Gasteiger partial charge in [-0.2, -0.15) is 0 Å². The van der Waals surface area contributed by atoms with E-state index in [4.69, 9.17) is 34.6 Å². The lowest BCUT2D eigenvalue weighted by Crippen LogP contribution is -1.96.